The largest absolute Gasteiger partial charge is 0.488 e. The van der Waals surface area contributed by atoms with Crippen molar-refractivity contribution >= 4 is 11.6 Å². The molecule has 2 aromatic carbocycles. The highest BCUT2D eigenvalue weighted by Gasteiger charge is 2.31. The van der Waals surface area contributed by atoms with E-state index in [-0.39, 0.29) is 11.3 Å². The summed E-state index contributed by atoms with van der Waals surface area (Å²) in [6.07, 6.45) is 3.48. The number of rotatable bonds is 4. The Labute approximate surface area is 165 Å². The Kier molecular flexibility index (Phi) is 4.63. The van der Waals surface area contributed by atoms with Gasteiger partial charge in [-0.15, -0.1) is 0 Å². The number of aromatic nitrogens is 1. The van der Waals surface area contributed by atoms with Gasteiger partial charge in [-0.25, -0.2) is 0 Å². The second-order valence-corrected chi connectivity index (χ2v) is 8.12. The van der Waals surface area contributed by atoms with E-state index in [0.717, 1.165) is 16.8 Å². The molecule has 0 atom stereocenters. The summed E-state index contributed by atoms with van der Waals surface area (Å²) in [5, 5.41) is 0. The first kappa shape index (κ1) is 18.2. The maximum Gasteiger partial charge on any atom is 0.262 e. The van der Waals surface area contributed by atoms with Crippen LogP contribution in [0.15, 0.2) is 67.0 Å². The number of hydrogen-bond acceptors (Lipinski definition) is 3. The van der Waals surface area contributed by atoms with Crippen LogP contribution in [-0.2, 0) is 18.6 Å². The number of fused-ring (bicyclic) bond motifs is 1. The molecule has 28 heavy (non-hydrogen) atoms. The van der Waals surface area contributed by atoms with Gasteiger partial charge >= 0.3 is 0 Å². The van der Waals surface area contributed by atoms with Gasteiger partial charge in [-0.05, 0) is 52.4 Å². The Morgan fingerprint density at radius 2 is 1.71 bits per heavy atom. The van der Waals surface area contributed by atoms with E-state index in [1.807, 2.05) is 47.4 Å². The molecule has 4 heteroatoms. The molecule has 0 saturated carbocycles. The molecule has 0 fully saturated rings. The zero-order valence-electron chi connectivity index (χ0n) is 16.5. The number of amides is 1. The minimum absolute atomic E-state index is 0.0103. The highest BCUT2D eigenvalue weighted by molar-refractivity contribution is 6.11. The first-order valence-electron chi connectivity index (χ1n) is 9.49. The number of hydrogen-bond donors (Lipinski definition) is 0. The number of carbonyl (C=O) groups is 1. The summed E-state index contributed by atoms with van der Waals surface area (Å²) in [6, 6.07) is 17.9. The molecule has 1 aliphatic rings. The average molecular weight is 372 g/mol. The molecule has 142 valence electrons. The van der Waals surface area contributed by atoms with Gasteiger partial charge in [-0.2, -0.15) is 0 Å². The van der Waals surface area contributed by atoms with Crippen molar-refractivity contribution < 1.29 is 9.53 Å². The fourth-order valence-electron chi connectivity index (χ4n) is 3.44. The fraction of sp³-hybridized carbons (Fsp3) is 0.250. The highest BCUT2D eigenvalue weighted by atomic mass is 16.5. The number of pyridine rings is 1. The maximum atomic E-state index is 13.1. The molecule has 0 spiro atoms. The van der Waals surface area contributed by atoms with Gasteiger partial charge in [0.1, 0.15) is 12.4 Å². The van der Waals surface area contributed by atoms with Crippen molar-refractivity contribution in [2.45, 2.75) is 39.3 Å². The van der Waals surface area contributed by atoms with E-state index in [1.54, 1.807) is 12.4 Å². The van der Waals surface area contributed by atoms with Crippen molar-refractivity contribution in [3.8, 4) is 5.75 Å². The lowest BCUT2D eigenvalue weighted by Gasteiger charge is -2.21. The minimum atomic E-state index is -0.0103. The van der Waals surface area contributed by atoms with E-state index < -0.39 is 0 Å². The van der Waals surface area contributed by atoms with Crippen molar-refractivity contribution in [3.63, 3.8) is 0 Å². The summed E-state index contributed by atoms with van der Waals surface area (Å²) in [7, 11) is 0. The first-order chi connectivity index (χ1) is 13.4. The standard InChI is InChI=1S/C24H24N2O2/c1-24(2,3)19-7-9-20(10-8-19)26-15-18-5-4-6-21(22(18)23(26)27)28-16-17-11-13-25-14-12-17/h4-14H,15-16H2,1-3H3. The lowest BCUT2D eigenvalue weighted by atomic mass is 9.87. The lowest BCUT2D eigenvalue weighted by molar-refractivity contribution is 0.0992. The molecule has 2 heterocycles. The Hall–Kier alpha value is -3.14. The Morgan fingerprint density at radius 1 is 1.00 bits per heavy atom. The molecular formula is C24H24N2O2. The summed E-state index contributed by atoms with van der Waals surface area (Å²) in [5.74, 6) is 0.622. The summed E-state index contributed by atoms with van der Waals surface area (Å²) >= 11 is 0. The van der Waals surface area contributed by atoms with Gasteiger partial charge < -0.3 is 9.64 Å². The third-order valence-corrected chi connectivity index (χ3v) is 5.09. The van der Waals surface area contributed by atoms with Crippen LogP contribution in [0.2, 0.25) is 0 Å². The fourth-order valence-corrected chi connectivity index (χ4v) is 3.44. The molecule has 0 bridgehead atoms. The smallest absolute Gasteiger partial charge is 0.262 e. The predicted molar refractivity (Wildman–Crippen MR) is 111 cm³/mol. The SMILES string of the molecule is CC(C)(C)c1ccc(N2Cc3cccc(OCc4ccncc4)c3C2=O)cc1. The maximum absolute atomic E-state index is 13.1. The van der Waals surface area contributed by atoms with E-state index >= 15 is 0 Å². The van der Waals surface area contributed by atoms with Crippen molar-refractivity contribution in [1.29, 1.82) is 0 Å². The lowest BCUT2D eigenvalue weighted by Crippen LogP contribution is -2.23. The quantitative estimate of drug-likeness (QED) is 0.638. The van der Waals surface area contributed by atoms with Gasteiger partial charge in [0.25, 0.3) is 5.91 Å². The van der Waals surface area contributed by atoms with Crippen LogP contribution in [0.3, 0.4) is 0 Å². The topological polar surface area (TPSA) is 42.4 Å². The zero-order valence-corrected chi connectivity index (χ0v) is 16.5. The number of carbonyl (C=O) groups excluding carboxylic acids is 1. The van der Waals surface area contributed by atoms with Crippen LogP contribution in [0.5, 0.6) is 5.75 Å². The minimum Gasteiger partial charge on any atom is -0.488 e. The molecule has 0 saturated heterocycles. The summed E-state index contributed by atoms with van der Waals surface area (Å²) < 4.78 is 5.98. The Bertz CT molecular complexity index is 989. The number of ether oxygens (including phenoxy) is 1. The molecule has 0 N–H and O–H groups in total. The van der Waals surface area contributed by atoms with E-state index in [9.17, 15) is 4.79 Å². The van der Waals surface area contributed by atoms with Crippen LogP contribution in [0, 0.1) is 0 Å². The van der Waals surface area contributed by atoms with Crippen LogP contribution in [0.25, 0.3) is 0 Å². The third-order valence-electron chi connectivity index (χ3n) is 5.09. The molecular weight excluding hydrogens is 348 g/mol. The number of nitrogens with zero attached hydrogens (tertiary/aromatic N) is 2. The monoisotopic (exact) mass is 372 g/mol. The number of anilines is 1. The Morgan fingerprint density at radius 3 is 2.39 bits per heavy atom. The molecule has 0 radical (unpaired) electrons. The van der Waals surface area contributed by atoms with Crippen LogP contribution in [0.1, 0.15) is 47.8 Å². The van der Waals surface area contributed by atoms with E-state index in [0.29, 0.717) is 24.5 Å². The van der Waals surface area contributed by atoms with Crippen LogP contribution >= 0.6 is 0 Å². The van der Waals surface area contributed by atoms with Crippen LogP contribution in [0.4, 0.5) is 5.69 Å². The van der Waals surface area contributed by atoms with Crippen LogP contribution < -0.4 is 9.64 Å². The van der Waals surface area contributed by atoms with Crippen molar-refractivity contribution in [2.24, 2.45) is 0 Å². The molecule has 0 aliphatic carbocycles. The van der Waals surface area contributed by atoms with Gasteiger partial charge in [0.2, 0.25) is 0 Å². The van der Waals surface area contributed by atoms with Crippen LogP contribution in [-0.4, -0.2) is 10.9 Å². The summed E-state index contributed by atoms with van der Waals surface area (Å²) in [4.78, 5) is 19.0. The average Bonchev–Trinajstić information content (AvgIpc) is 3.04. The van der Waals surface area contributed by atoms with Gasteiger partial charge in [0.05, 0.1) is 12.1 Å². The molecule has 1 amide bonds. The van der Waals surface area contributed by atoms with E-state index in [4.69, 9.17) is 4.74 Å². The molecule has 3 aromatic rings. The Balaban J connectivity index is 1.57. The predicted octanol–water partition coefficient (Wildman–Crippen LogP) is 5.12. The van der Waals surface area contributed by atoms with Gasteiger partial charge in [-0.1, -0.05) is 45.0 Å². The van der Waals surface area contributed by atoms with Gasteiger partial charge in [0, 0.05) is 18.1 Å². The van der Waals surface area contributed by atoms with Crippen molar-refractivity contribution in [2.75, 3.05) is 4.90 Å². The van der Waals surface area contributed by atoms with Gasteiger partial charge in [-0.3, -0.25) is 9.78 Å². The zero-order chi connectivity index (χ0) is 19.7. The summed E-state index contributed by atoms with van der Waals surface area (Å²) in [6.45, 7) is 7.53. The molecule has 0 unspecified atom stereocenters. The highest BCUT2D eigenvalue weighted by Crippen LogP contribution is 2.35. The normalized spacial score (nSPS) is 13.5. The van der Waals surface area contributed by atoms with Gasteiger partial charge in [0.15, 0.2) is 0 Å². The van der Waals surface area contributed by atoms with Crippen molar-refractivity contribution in [1.82, 2.24) is 4.98 Å². The summed E-state index contributed by atoms with van der Waals surface area (Å²) in [5.41, 5.74) is 4.93. The third kappa shape index (κ3) is 3.50. The molecule has 4 rings (SSSR count). The number of benzene rings is 2. The van der Waals surface area contributed by atoms with Crippen molar-refractivity contribution in [3.05, 3.63) is 89.2 Å². The second kappa shape index (κ2) is 7.12. The first-order valence-corrected chi connectivity index (χ1v) is 9.49. The molecule has 4 nitrogen and oxygen atoms in total. The molecule has 1 aromatic heterocycles. The second-order valence-electron chi connectivity index (χ2n) is 8.12. The molecule has 1 aliphatic heterocycles. The van der Waals surface area contributed by atoms with E-state index in [1.165, 1.54) is 5.56 Å². The van der Waals surface area contributed by atoms with E-state index in [2.05, 4.69) is 37.9 Å².